The fourth-order valence-corrected chi connectivity index (χ4v) is 0.414. The summed E-state index contributed by atoms with van der Waals surface area (Å²) < 4.78 is 4.32. The van der Waals surface area contributed by atoms with Gasteiger partial charge in [0.1, 0.15) is 0 Å². The molecule has 1 heterocycles. The summed E-state index contributed by atoms with van der Waals surface area (Å²) in [6.45, 7) is 0. The quantitative estimate of drug-likeness (QED) is 0.531. The number of nitrogens with zero attached hydrogens (tertiary/aromatic N) is 2. The van der Waals surface area contributed by atoms with E-state index >= 15 is 0 Å². The van der Waals surface area contributed by atoms with Crippen LogP contribution < -0.4 is 5.73 Å². The maximum Gasteiger partial charge on any atom is 0.246 e. The van der Waals surface area contributed by atoms with Crippen molar-refractivity contribution >= 4 is 5.91 Å². The van der Waals surface area contributed by atoms with Crippen molar-refractivity contribution in [2.75, 3.05) is 0 Å². The summed E-state index contributed by atoms with van der Waals surface area (Å²) >= 11 is 0. The number of aromatic nitrogens is 2. The van der Waals surface area contributed by atoms with E-state index < -0.39 is 5.91 Å². The zero-order valence-electron chi connectivity index (χ0n) is 4.50. The van der Waals surface area contributed by atoms with E-state index in [9.17, 15) is 4.79 Å². The van der Waals surface area contributed by atoms with Crippen LogP contribution in [0.5, 0.6) is 0 Å². The van der Waals surface area contributed by atoms with E-state index in [1.54, 1.807) is 0 Å². The second kappa shape index (κ2) is 2.25. The van der Waals surface area contributed by atoms with Crippen LogP contribution in [0.2, 0.25) is 0 Å². The summed E-state index contributed by atoms with van der Waals surface area (Å²) in [6, 6.07) is 0. The zero-order chi connectivity index (χ0) is 6.69. The molecule has 1 aromatic heterocycles. The molecule has 0 aromatic carbocycles. The molecule has 0 saturated heterocycles. The van der Waals surface area contributed by atoms with Gasteiger partial charge < -0.3 is 4.52 Å². The van der Waals surface area contributed by atoms with E-state index in [1.165, 1.54) is 0 Å². The number of nitrogens with one attached hydrogen (secondary N) is 1. The minimum atomic E-state index is -0.712. The molecule has 0 aliphatic rings. The van der Waals surface area contributed by atoms with Gasteiger partial charge in [0.15, 0.2) is 5.82 Å². The molecule has 5 nitrogen and oxygen atoms in total. The normalized spacial score (nSPS) is 9.33. The molecule has 0 spiro atoms. The Morgan fingerprint density at radius 2 is 2.67 bits per heavy atom. The Morgan fingerprint density at radius 1 is 1.89 bits per heavy atom. The van der Waals surface area contributed by atoms with Gasteiger partial charge in [-0.2, -0.15) is 4.98 Å². The third-order valence-electron chi connectivity index (χ3n) is 0.726. The Balaban J connectivity index is 2.58. The predicted octanol–water partition coefficient (Wildman–Crippen LogP) is -0.578. The van der Waals surface area contributed by atoms with E-state index in [2.05, 4.69) is 14.7 Å². The number of amides is 1. The van der Waals surface area contributed by atoms with Crippen LogP contribution in [0.3, 0.4) is 0 Å². The van der Waals surface area contributed by atoms with Gasteiger partial charge in [-0.1, -0.05) is 5.16 Å². The van der Waals surface area contributed by atoms with Gasteiger partial charge in [-0.15, -0.1) is 0 Å². The molecule has 1 radical (unpaired) electrons. The van der Waals surface area contributed by atoms with E-state index in [1.807, 2.05) is 0 Å². The molecular weight excluding hydrogens is 122 g/mol. The lowest BCUT2D eigenvalue weighted by Gasteiger charge is -1.80. The average Bonchev–Trinajstić information content (AvgIpc) is 2.15. The molecular formula is C4H4N3O2. The number of rotatable bonds is 2. The van der Waals surface area contributed by atoms with Crippen LogP contribution in [0.1, 0.15) is 5.82 Å². The van der Waals surface area contributed by atoms with Crippen LogP contribution in [-0.4, -0.2) is 16.0 Å². The number of hydrogen-bond donors (Lipinski definition) is 0. The van der Waals surface area contributed by atoms with Crippen molar-refractivity contribution in [2.24, 2.45) is 0 Å². The Labute approximate surface area is 50.8 Å². The van der Waals surface area contributed by atoms with Crippen molar-refractivity contribution in [2.45, 2.75) is 6.42 Å². The molecule has 1 aromatic rings. The lowest BCUT2D eigenvalue weighted by atomic mass is 10.4. The summed E-state index contributed by atoms with van der Waals surface area (Å²) in [4.78, 5) is 13.6. The van der Waals surface area contributed by atoms with Crippen LogP contribution in [0, 0.1) is 0 Å². The highest BCUT2D eigenvalue weighted by molar-refractivity contribution is 5.74. The molecule has 0 atom stereocenters. The molecule has 0 aliphatic heterocycles. The SMILES string of the molecule is [NH]C(=O)Cc1ncon1. The van der Waals surface area contributed by atoms with Crippen LogP contribution in [-0.2, 0) is 11.2 Å². The van der Waals surface area contributed by atoms with E-state index in [-0.39, 0.29) is 12.2 Å². The first kappa shape index (κ1) is 5.74. The third kappa shape index (κ3) is 1.52. The highest BCUT2D eigenvalue weighted by Gasteiger charge is 2.01. The molecule has 1 amide bonds. The topological polar surface area (TPSA) is 79.8 Å². The molecule has 1 rings (SSSR count). The highest BCUT2D eigenvalue weighted by Crippen LogP contribution is 1.87. The molecule has 0 bridgehead atoms. The maximum absolute atomic E-state index is 10.1. The van der Waals surface area contributed by atoms with Gasteiger partial charge in [0.05, 0.1) is 6.42 Å². The fraction of sp³-hybridized carbons (Fsp3) is 0.250. The molecule has 9 heavy (non-hydrogen) atoms. The van der Waals surface area contributed by atoms with Crippen LogP contribution in [0.15, 0.2) is 10.9 Å². The van der Waals surface area contributed by atoms with Crippen molar-refractivity contribution in [3.63, 3.8) is 0 Å². The second-order valence-electron chi connectivity index (χ2n) is 1.45. The van der Waals surface area contributed by atoms with Gasteiger partial charge in [0.2, 0.25) is 12.3 Å². The summed E-state index contributed by atoms with van der Waals surface area (Å²) in [5.74, 6) is -0.452. The molecule has 47 valence electrons. The standard InChI is InChI=1S/C4H4N3O2/c5-3(8)1-4-6-2-9-7-4/h2,5H,1H2. The fourth-order valence-electron chi connectivity index (χ4n) is 0.414. The number of carbonyl (C=O) groups is 1. The molecule has 1 N–H and O–H groups in total. The molecule has 0 unspecified atom stereocenters. The number of carbonyl (C=O) groups excluding carboxylic acids is 1. The first-order valence-corrected chi connectivity index (χ1v) is 2.28. The van der Waals surface area contributed by atoms with Gasteiger partial charge in [-0.25, -0.2) is 0 Å². The maximum atomic E-state index is 10.1. The summed E-state index contributed by atoms with van der Waals surface area (Å²) in [6.07, 6.45) is 1.05. The largest absolute Gasteiger partial charge is 0.343 e. The Kier molecular flexibility index (Phi) is 1.44. The van der Waals surface area contributed by atoms with Gasteiger partial charge >= 0.3 is 0 Å². The Hall–Kier alpha value is -1.39. The summed E-state index contributed by atoms with van der Waals surface area (Å²) in [5.41, 5.74) is 6.49. The second-order valence-corrected chi connectivity index (χ2v) is 1.45. The predicted molar refractivity (Wildman–Crippen MR) is 26.1 cm³/mol. The minimum absolute atomic E-state index is 0.0729. The summed E-state index contributed by atoms with van der Waals surface area (Å²) in [7, 11) is 0. The molecule has 0 fully saturated rings. The molecule has 0 saturated carbocycles. The van der Waals surface area contributed by atoms with Crippen molar-refractivity contribution in [3.05, 3.63) is 12.2 Å². The van der Waals surface area contributed by atoms with Crippen LogP contribution >= 0.6 is 0 Å². The lowest BCUT2D eigenvalue weighted by molar-refractivity contribution is -0.118. The van der Waals surface area contributed by atoms with Gasteiger partial charge in [0.25, 0.3) is 0 Å². The van der Waals surface area contributed by atoms with Crippen molar-refractivity contribution in [1.29, 1.82) is 0 Å². The smallest absolute Gasteiger partial charge is 0.246 e. The van der Waals surface area contributed by atoms with Gasteiger partial charge in [0, 0.05) is 0 Å². The zero-order valence-corrected chi connectivity index (χ0v) is 4.50. The highest BCUT2D eigenvalue weighted by atomic mass is 16.5. The van der Waals surface area contributed by atoms with Crippen molar-refractivity contribution in [1.82, 2.24) is 15.9 Å². The van der Waals surface area contributed by atoms with Gasteiger partial charge in [-0.3, -0.25) is 10.5 Å². The van der Waals surface area contributed by atoms with Crippen LogP contribution in [0.4, 0.5) is 0 Å². The third-order valence-corrected chi connectivity index (χ3v) is 0.726. The number of hydrogen-bond acceptors (Lipinski definition) is 4. The Morgan fingerprint density at radius 3 is 3.11 bits per heavy atom. The monoisotopic (exact) mass is 126 g/mol. The minimum Gasteiger partial charge on any atom is -0.343 e. The van der Waals surface area contributed by atoms with E-state index in [0.717, 1.165) is 6.39 Å². The van der Waals surface area contributed by atoms with Gasteiger partial charge in [-0.05, 0) is 0 Å². The first-order chi connectivity index (χ1) is 4.29. The molecule has 5 heteroatoms. The van der Waals surface area contributed by atoms with Crippen molar-refractivity contribution in [3.8, 4) is 0 Å². The van der Waals surface area contributed by atoms with E-state index in [4.69, 9.17) is 5.73 Å². The van der Waals surface area contributed by atoms with Crippen LogP contribution in [0.25, 0.3) is 0 Å². The lowest BCUT2D eigenvalue weighted by Crippen LogP contribution is -2.03. The van der Waals surface area contributed by atoms with Crippen molar-refractivity contribution < 1.29 is 9.32 Å². The molecule has 0 aliphatic carbocycles. The summed E-state index contributed by atoms with van der Waals surface area (Å²) in [5, 5.41) is 3.33. The average molecular weight is 126 g/mol. The van der Waals surface area contributed by atoms with E-state index in [0.29, 0.717) is 0 Å². The Bertz CT molecular complexity index is 194. The first-order valence-electron chi connectivity index (χ1n) is 2.28.